The normalized spacial score (nSPS) is 15.1. The molecule has 0 radical (unpaired) electrons. The third-order valence-electron chi connectivity index (χ3n) is 3.68. The summed E-state index contributed by atoms with van der Waals surface area (Å²) in [6.07, 6.45) is 2.68. The quantitative estimate of drug-likeness (QED) is 0.476. The number of nitro groups is 1. The molecule has 1 aromatic rings. The molecular formula is C17H19N3O5. The van der Waals surface area contributed by atoms with Gasteiger partial charge in [0.2, 0.25) is 5.91 Å². The molecule has 1 aromatic carbocycles. The average Bonchev–Trinajstić information content (AvgIpc) is 2.92. The number of benzene rings is 1. The van der Waals surface area contributed by atoms with Gasteiger partial charge in [-0.15, -0.1) is 0 Å². The fourth-order valence-electron chi connectivity index (χ4n) is 2.30. The standard InChI is InChI=1S/C17H19N3O5/c1-17(2,3)15(22)19-11-10-18(16(19)23)14(21)9-6-12-4-7-13(8-5-12)20(24)25/h4-9H,10-11H2,1-3H3/b9-6+. The number of hydrogen-bond donors (Lipinski definition) is 0. The zero-order valence-corrected chi connectivity index (χ0v) is 14.3. The van der Waals surface area contributed by atoms with Gasteiger partial charge in [0.25, 0.3) is 11.6 Å². The van der Waals surface area contributed by atoms with Crippen LogP contribution in [-0.4, -0.2) is 45.7 Å². The molecule has 132 valence electrons. The van der Waals surface area contributed by atoms with Gasteiger partial charge in [-0.05, 0) is 23.8 Å². The first-order valence-electron chi connectivity index (χ1n) is 7.71. The van der Waals surface area contributed by atoms with E-state index in [2.05, 4.69) is 0 Å². The molecule has 8 heteroatoms. The van der Waals surface area contributed by atoms with E-state index in [-0.39, 0.29) is 24.7 Å². The SMILES string of the molecule is CC(C)(C)C(=O)N1CCN(C(=O)/C=C/c2ccc([N+](=O)[O-])cc2)C1=O. The summed E-state index contributed by atoms with van der Waals surface area (Å²) in [5, 5.41) is 10.6. The van der Waals surface area contributed by atoms with Crippen LogP contribution in [-0.2, 0) is 9.59 Å². The maximum absolute atomic E-state index is 12.3. The fourth-order valence-corrected chi connectivity index (χ4v) is 2.30. The van der Waals surface area contributed by atoms with Crippen molar-refractivity contribution in [3.63, 3.8) is 0 Å². The monoisotopic (exact) mass is 345 g/mol. The Hall–Kier alpha value is -3.03. The molecule has 0 aromatic heterocycles. The maximum atomic E-state index is 12.3. The molecule has 8 nitrogen and oxygen atoms in total. The van der Waals surface area contributed by atoms with E-state index in [9.17, 15) is 24.5 Å². The molecule has 25 heavy (non-hydrogen) atoms. The zero-order chi connectivity index (χ0) is 18.8. The van der Waals surface area contributed by atoms with Crippen molar-refractivity contribution in [1.29, 1.82) is 0 Å². The van der Waals surface area contributed by atoms with Gasteiger partial charge in [-0.25, -0.2) is 4.79 Å². The summed E-state index contributed by atoms with van der Waals surface area (Å²) in [7, 11) is 0. The number of rotatable bonds is 3. The first-order chi connectivity index (χ1) is 11.6. The number of urea groups is 1. The van der Waals surface area contributed by atoms with Gasteiger partial charge in [0.15, 0.2) is 0 Å². The third kappa shape index (κ3) is 4.09. The van der Waals surface area contributed by atoms with Gasteiger partial charge >= 0.3 is 6.03 Å². The van der Waals surface area contributed by atoms with E-state index >= 15 is 0 Å². The van der Waals surface area contributed by atoms with E-state index < -0.39 is 22.3 Å². The average molecular weight is 345 g/mol. The van der Waals surface area contributed by atoms with E-state index in [1.165, 1.54) is 36.4 Å². The van der Waals surface area contributed by atoms with Crippen molar-refractivity contribution in [3.8, 4) is 0 Å². The molecule has 1 saturated heterocycles. The van der Waals surface area contributed by atoms with Gasteiger partial charge in [-0.2, -0.15) is 0 Å². The number of hydrogen-bond acceptors (Lipinski definition) is 5. The van der Waals surface area contributed by atoms with Crippen molar-refractivity contribution in [1.82, 2.24) is 9.80 Å². The number of non-ortho nitro benzene ring substituents is 1. The highest BCUT2D eigenvalue weighted by Crippen LogP contribution is 2.21. The summed E-state index contributed by atoms with van der Waals surface area (Å²) in [6.45, 7) is 5.45. The van der Waals surface area contributed by atoms with Crippen molar-refractivity contribution < 1.29 is 19.3 Å². The third-order valence-corrected chi connectivity index (χ3v) is 3.68. The summed E-state index contributed by atoms with van der Waals surface area (Å²) >= 11 is 0. The van der Waals surface area contributed by atoms with E-state index in [1.807, 2.05) is 0 Å². The van der Waals surface area contributed by atoms with Gasteiger partial charge in [-0.1, -0.05) is 20.8 Å². The maximum Gasteiger partial charge on any atom is 0.333 e. The topological polar surface area (TPSA) is 101 Å². The molecule has 0 saturated carbocycles. The number of carbonyl (C=O) groups is 3. The second-order valence-electron chi connectivity index (χ2n) is 6.66. The Morgan fingerprint density at radius 2 is 1.68 bits per heavy atom. The molecule has 0 bridgehead atoms. The minimum absolute atomic E-state index is 0.0467. The van der Waals surface area contributed by atoms with Crippen LogP contribution in [0, 0.1) is 15.5 Å². The Morgan fingerprint density at radius 3 is 2.20 bits per heavy atom. The molecule has 1 aliphatic rings. The molecule has 0 N–H and O–H groups in total. The molecular weight excluding hydrogens is 326 g/mol. The van der Waals surface area contributed by atoms with Crippen LogP contribution in [0.15, 0.2) is 30.3 Å². The second kappa shape index (κ2) is 6.84. The Labute approximate surface area is 144 Å². The number of amides is 4. The first-order valence-corrected chi connectivity index (χ1v) is 7.71. The highest BCUT2D eigenvalue weighted by atomic mass is 16.6. The smallest absolute Gasteiger partial charge is 0.274 e. The number of nitro benzene ring substituents is 1. The predicted molar refractivity (Wildman–Crippen MR) is 90.4 cm³/mol. The number of nitrogens with zero attached hydrogens (tertiary/aromatic N) is 3. The zero-order valence-electron chi connectivity index (χ0n) is 14.3. The number of carbonyl (C=O) groups excluding carboxylic acids is 3. The molecule has 0 spiro atoms. The molecule has 2 rings (SSSR count). The van der Waals surface area contributed by atoms with Crippen LogP contribution in [0.2, 0.25) is 0 Å². The van der Waals surface area contributed by atoms with Crippen LogP contribution in [0.25, 0.3) is 6.08 Å². The van der Waals surface area contributed by atoms with Crippen molar-refractivity contribution in [3.05, 3.63) is 46.0 Å². The van der Waals surface area contributed by atoms with Gasteiger partial charge < -0.3 is 0 Å². The molecule has 1 heterocycles. The minimum Gasteiger partial charge on any atom is -0.274 e. The first kappa shape index (κ1) is 18.3. The van der Waals surface area contributed by atoms with Crippen molar-refractivity contribution in [2.45, 2.75) is 20.8 Å². The van der Waals surface area contributed by atoms with Crippen molar-refractivity contribution in [2.75, 3.05) is 13.1 Å². The van der Waals surface area contributed by atoms with Crippen LogP contribution in [0.5, 0.6) is 0 Å². The Kier molecular flexibility index (Phi) is 5.01. The van der Waals surface area contributed by atoms with Crippen LogP contribution in [0.1, 0.15) is 26.3 Å². The lowest BCUT2D eigenvalue weighted by atomic mass is 9.95. The van der Waals surface area contributed by atoms with Gasteiger partial charge in [-0.3, -0.25) is 29.5 Å². The fraction of sp³-hybridized carbons (Fsp3) is 0.353. The van der Waals surface area contributed by atoms with Crippen LogP contribution >= 0.6 is 0 Å². The summed E-state index contributed by atoms with van der Waals surface area (Å²) < 4.78 is 0. The Bertz CT molecular complexity index is 747. The summed E-state index contributed by atoms with van der Waals surface area (Å²) in [6, 6.07) is 5.04. The number of imide groups is 2. The second-order valence-corrected chi connectivity index (χ2v) is 6.66. The van der Waals surface area contributed by atoms with Gasteiger partial charge in [0.05, 0.1) is 4.92 Å². The lowest BCUT2D eigenvalue weighted by molar-refractivity contribution is -0.384. The molecule has 1 aliphatic heterocycles. The minimum atomic E-state index is -0.705. The largest absolute Gasteiger partial charge is 0.333 e. The van der Waals surface area contributed by atoms with Crippen LogP contribution in [0.4, 0.5) is 10.5 Å². The lowest BCUT2D eigenvalue weighted by Gasteiger charge is -2.23. The Morgan fingerprint density at radius 1 is 1.12 bits per heavy atom. The highest BCUT2D eigenvalue weighted by molar-refractivity contribution is 6.08. The van der Waals surface area contributed by atoms with E-state index in [0.717, 1.165) is 9.80 Å². The molecule has 0 atom stereocenters. The lowest BCUT2D eigenvalue weighted by Crippen LogP contribution is -2.43. The highest BCUT2D eigenvalue weighted by Gasteiger charge is 2.39. The van der Waals surface area contributed by atoms with E-state index in [4.69, 9.17) is 0 Å². The summed E-state index contributed by atoms with van der Waals surface area (Å²) in [5.41, 5.74) is -0.161. The van der Waals surface area contributed by atoms with E-state index in [0.29, 0.717) is 5.56 Å². The Balaban J connectivity index is 2.05. The predicted octanol–water partition coefficient (Wildman–Crippen LogP) is 2.44. The van der Waals surface area contributed by atoms with Gasteiger partial charge in [0, 0.05) is 36.7 Å². The summed E-state index contributed by atoms with van der Waals surface area (Å²) in [5.74, 6) is -0.861. The van der Waals surface area contributed by atoms with Crippen molar-refractivity contribution >= 4 is 29.6 Å². The molecule has 1 fully saturated rings. The van der Waals surface area contributed by atoms with Crippen molar-refractivity contribution in [2.24, 2.45) is 5.41 Å². The van der Waals surface area contributed by atoms with Gasteiger partial charge in [0.1, 0.15) is 0 Å². The van der Waals surface area contributed by atoms with Crippen LogP contribution < -0.4 is 0 Å². The van der Waals surface area contributed by atoms with E-state index in [1.54, 1.807) is 20.8 Å². The van der Waals surface area contributed by atoms with Crippen LogP contribution in [0.3, 0.4) is 0 Å². The molecule has 0 aliphatic carbocycles. The molecule has 0 unspecified atom stereocenters. The summed E-state index contributed by atoms with van der Waals surface area (Å²) in [4.78, 5) is 48.8. The molecule has 4 amide bonds.